The van der Waals surface area contributed by atoms with E-state index in [2.05, 4.69) is 0 Å². The van der Waals surface area contributed by atoms with E-state index in [-0.39, 0.29) is 115 Å². The van der Waals surface area contributed by atoms with E-state index in [0.717, 1.165) is 0 Å². The Morgan fingerprint density at radius 2 is 1.33 bits per heavy atom. The van der Waals surface area contributed by atoms with Crippen LogP contribution in [0.3, 0.4) is 0 Å². The minimum atomic E-state index is -5.29. The Bertz CT molecular complexity index is 695. The van der Waals surface area contributed by atoms with Crippen molar-refractivity contribution in [3.63, 3.8) is 0 Å². The third-order valence-electron chi connectivity index (χ3n) is 2.07. The zero-order valence-electron chi connectivity index (χ0n) is 10.8. The van der Waals surface area contributed by atoms with E-state index in [0.29, 0.717) is 0 Å². The van der Waals surface area contributed by atoms with Gasteiger partial charge in [0.05, 0.1) is 22.0 Å². The summed E-state index contributed by atoms with van der Waals surface area (Å²) in [6, 6.07) is 0.436. The van der Waals surface area contributed by atoms with Gasteiger partial charge in [-0.25, -0.2) is 18.0 Å². The molecule has 0 fully saturated rings. The van der Waals surface area contributed by atoms with Gasteiger partial charge in [-0.2, -0.15) is 0 Å². The van der Waals surface area contributed by atoms with Crippen molar-refractivity contribution >= 4 is 28.0 Å². The van der Waals surface area contributed by atoms with Crippen LogP contribution in [0, 0.1) is 0 Å². The molecule has 21 heavy (non-hydrogen) atoms. The zero-order valence-corrected chi connectivity index (χ0v) is 17.9. The van der Waals surface area contributed by atoms with Crippen LogP contribution < -0.4 is 108 Å². The normalized spacial score (nSPS) is 9.95. The number of hydrogen-bond donors (Lipinski definition) is 2. The molecule has 12 heteroatoms. The third-order valence-corrected chi connectivity index (χ3v) is 2.95. The van der Waals surface area contributed by atoms with Gasteiger partial charge >= 0.3 is 115 Å². The summed E-state index contributed by atoms with van der Waals surface area (Å²) in [6.07, 6.45) is 0. The Kier molecular flexibility index (Phi) is 10.5. The maximum absolute atomic E-state index is 10.8. The standard InChI is InChI=1S/C9H6O9S.2K/c10-7(11)3-1-5(9(14)15)6(19(16,17)18)2-4(3)8(12)13;;/h1-2H,(H,10,11)(H,12,13)(H,14,15)(H,16,17,18);;/q;2*+1/p-2. The number of carbonyl (C=O) groups excluding carboxylic acids is 1. The van der Waals surface area contributed by atoms with Gasteiger partial charge in [0.15, 0.2) is 0 Å². The van der Waals surface area contributed by atoms with Crippen molar-refractivity contribution < 1.29 is 145 Å². The fourth-order valence-corrected chi connectivity index (χ4v) is 1.98. The monoisotopic (exact) mass is 366 g/mol. The minimum absolute atomic E-state index is 0. The number of carboxylic acid groups (broad SMARTS) is 3. The molecule has 0 aliphatic heterocycles. The fourth-order valence-electron chi connectivity index (χ4n) is 1.30. The molecule has 1 aromatic rings. The summed E-state index contributed by atoms with van der Waals surface area (Å²) >= 11 is 0. The molecule has 0 aliphatic carbocycles. The largest absolute Gasteiger partial charge is 1.00 e. The first kappa shape index (κ1) is 24.1. The van der Waals surface area contributed by atoms with Gasteiger partial charge in [0, 0.05) is 5.56 Å². The Hall–Kier alpha value is 0.813. The summed E-state index contributed by atoms with van der Waals surface area (Å²) < 4.78 is 32.5. The van der Waals surface area contributed by atoms with Crippen LogP contribution in [-0.2, 0) is 10.1 Å². The van der Waals surface area contributed by atoms with Gasteiger partial charge in [-0.05, 0) is 12.1 Å². The van der Waals surface area contributed by atoms with Crippen LogP contribution >= 0.6 is 0 Å². The second kappa shape index (κ2) is 9.19. The molecular formula is C9H4K2O9S. The van der Waals surface area contributed by atoms with Gasteiger partial charge in [-0.15, -0.1) is 0 Å². The molecule has 1 aromatic carbocycles. The summed E-state index contributed by atoms with van der Waals surface area (Å²) in [7, 11) is -5.29. The first-order valence-corrected chi connectivity index (χ1v) is 5.78. The second-order valence-corrected chi connectivity index (χ2v) is 4.59. The molecule has 0 spiro atoms. The summed E-state index contributed by atoms with van der Waals surface area (Å²) in [5.74, 6) is -5.75. The number of rotatable bonds is 4. The number of benzene rings is 1. The van der Waals surface area contributed by atoms with Crippen molar-refractivity contribution in [3.8, 4) is 0 Å². The molecule has 0 saturated carbocycles. The number of aromatic carboxylic acids is 3. The van der Waals surface area contributed by atoms with Gasteiger partial charge in [0.2, 0.25) is 0 Å². The van der Waals surface area contributed by atoms with Crippen molar-refractivity contribution in [3.05, 3.63) is 28.8 Å². The van der Waals surface area contributed by atoms with Crippen molar-refractivity contribution in [2.75, 3.05) is 0 Å². The average molecular weight is 366 g/mol. The van der Waals surface area contributed by atoms with Gasteiger partial charge in [-0.3, -0.25) is 0 Å². The summed E-state index contributed by atoms with van der Waals surface area (Å²) in [5, 5.41) is 28.1. The zero-order chi connectivity index (χ0) is 15.0. The maximum atomic E-state index is 10.8. The Labute approximate surface area is 203 Å². The van der Waals surface area contributed by atoms with Crippen molar-refractivity contribution in [1.29, 1.82) is 0 Å². The van der Waals surface area contributed by atoms with E-state index < -0.39 is 49.6 Å². The van der Waals surface area contributed by atoms with Gasteiger partial charge < -0.3 is 24.7 Å². The van der Waals surface area contributed by atoms with Crippen LogP contribution in [0.15, 0.2) is 17.0 Å². The van der Waals surface area contributed by atoms with Crippen LogP contribution in [0.2, 0.25) is 0 Å². The van der Waals surface area contributed by atoms with E-state index in [9.17, 15) is 32.5 Å². The van der Waals surface area contributed by atoms with Crippen LogP contribution in [0.4, 0.5) is 0 Å². The van der Waals surface area contributed by atoms with Gasteiger partial charge in [-0.1, -0.05) is 0 Å². The van der Waals surface area contributed by atoms with E-state index in [1.165, 1.54) is 0 Å². The summed E-state index contributed by atoms with van der Waals surface area (Å²) in [4.78, 5) is 30.8. The molecule has 2 N–H and O–H groups in total. The summed E-state index contributed by atoms with van der Waals surface area (Å²) in [5.41, 5.74) is -3.23. The van der Waals surface area contributed by atoms with Crippen molar-refractivity contribution in [2.45, 2.75) is 4.90 Å². The predicted octanol–water partition coefficient (Wildman–Crippen LogP) is -7.64. The van der Waals surface area contributed by atoms with E-state index in [1.54, 1.807) is 0 Å². The van der Waals surface area contributed by atoms with Gasteiger partial charge in [0.1, 0.15) is 10.1 Å². The second-order valence-electron chi connectivity index (χ2n) is 3.25. The number of carbonyl (C=O) groups is 3. The van der Waals surface area contributed by atoms with E-state index in [1.807, 2.05) is 0 Å². The van der Waals surface area contributed by atoms with Crippen molar-refractivity contribution in [1.82, 2.24) is 0 Å². The molecule has 1 rings (SSSR count). The summed E-state index contributed by atoms with van der Waals surface area (Å²) in [6.45, 7) is 0. The Balaban J connectivity index is 0. The molecular weight excluding hydrogens is 362 g/mol. The molecule has 102 valence electrons. The van der Waals surface area contributed by atoms with Crippen LogP contribution in [-0.4, -0.2) is 41.1 Å². The van der Waals surface area contributed by atoms with Crippen molar-refractivity contribution in [2.24, 2.45) is 0 Å². The smallest absolute Gasteiger partial charge is 0.744 e. The molecule has 9 nitrogen and oxygen atoms in total. The average Bonchev–Trinajstić information content (AvgIpc) is 2.25. The van der Waals surface area contributed by atoms with E-state index in [4.69, 9.17) is 10.2 Å². The van der Waals surface area contributed by atoms with Crippen LogP contribution in [0.5, 0.6) is 0 Å². The number of carboxylic acids is 3. The Morgan fingerprint density at radius 3 is 1.62 bits per heavy atom. The Morgan fingerprint density at radius 1 is 0.905 bits per heavy atom. The van der Waals surface area contributed by atoms with E-state index >= 15 is 0 Å². The van der Waals surface area contributed by atoms with Crippen LogP contribution in [0.1, 0.15) is 31.1 Å². The molecule has 0 atom stereocenters. The first-order chi connectivity index (χ1) is 8.55. The maximum Gasteiger partial charge on any atom is 1.00 e. The predicted molar refractivity (Wildman–Crippen MR) is 52.7 cm³/mol. The van der Waals surface area contributed by atoms with Gasteiger partial charge in [0.25, 0.3) is 0 Å². The fraction of sp³-hybridized carbons (Fsp3) is 0. The molecule has 0 aromatic heterocycles. The molecule has 0 amide bonds. The number of hydrogen-bond acceptors (Lipinski definition) is 7. The molecule has 0 saturated heterocycles. The first-order valence-electron chi connectivity index (χ1n) is 4.37. The molecule has 0 aliphatic rings. The quantitative estimate of drug-likeness (QED) is 0.388. The SMILES string of the molecule is O=C([O-])c1cc(S(=O)(=O)[O-])c(C(=O)O)cc1C(=O)O.[K+].[K+]. The van der Waals surface area contributed by atoms with Crippen LogP contribution in [0.25, 0.3) is 0 Å². The molecule has 0 heterocycles. The minimum Gasteiger partial charge on any atom is -0.744 e. The third kappa shape index (κ3) is 6.08. The topological polar surface area (TPSA) is 172 Å². The molecule has 0 radical (unpaired) electrons. The molecule has 0 unspecified atom stereocenters. The molecule has 0 bridgehead atoms.